The average molecular weight is 311 g/mol. The normalized spacial score (nSPS) is 10.9. The number of hydrogen-bond donors (Lipinski definition) is 2. The third-order valence-corrected chi connectivity index (χ3v) is 3.53. The molecule has 4 nitrogen and oxygen atoms in total. The molecule has 2 N–H and O–H groups in total. The van der Waals surface area contributed by atoms with Crippen LogP contribution in [-0.2, 0) is 6.42 Å². The fourth-order valence-electron chi connectivity index (χ4n) is 1.86. The minimum absolute atomic E-state index is 0.211. The fourth-order valence-corrected chi connectivity index (χ4v) is 2.50. The predicted molar refractivity (Wildman–Crippen MR) is 78.8 cm³/mol. The molecule has 1 heterocycles. The van der Waals surface area contributed by atoms with Crippen molar-refractivity contribution in [2.45, 2.75) is 30.4 Å². The number of halogens is 2. The summed E-state index contributed by atoms with van der Waals surface area (Å²) in [6.45, 7) is 2.04. The summed E-state index contributed by atoms with van der Waals surface area (Å²) in [5, 5.41) is 9.41. The second-order valence-corrected chi connectivity index (χ2v) is 5.39. The van der Waals surface area contributed by atoms with Gasteiger partial charge in [0.15, 0.2) is 5.82 Å². The quantitative estimate of drug-likeness (QED) is 0.795. The van der Waals surface area contributed by atoms with Gasteiger partial charge in [0.05, 0.1) is 5.56 Å². The van der Waals surface area contributed by atoms with Crippen molar-refractivity contribution in [1.82, 2.24) is 10.2 Å². The van der Waals surface area contributed by atoms with Gasteiger partial charge in [0.25, 0.3) is 11.7 Å². The summed E-state index contributed by atoms with van der Waals surface area (Å²) in [4.78, 5) is 12.4. The number of thioether (sulfide) groups is 1. The minimum atomic E-state index is -2.57. The van der Waals surface area contributed by atoms with Crippen molar-refractivity contribution >= 4 is 23.5 Å². The van der Waals surface area contributed by atoms with Gasteiger partial charge < -0.3 is 5.32 Å². The standard InChI is InChI=1S/C14H15F2N3OS/c1-2-5-9-8-12(19-18-9)17-13(20)10-6-3-4-7-11(10)21-14(15)16/h3-4,6-8,14H,2,5H2,1H3,(H2,17,18,19,20). The number of anilines is 1. The number of carbonyl (C=O) groups is 1. The van der Waals surface area contributed by atoms with Gasteiger partial charge in [-0.1, -0.05) is 37.2 Å². The Morgan fingerprint density at radius 2 is 2.19 bits per heavy atom. The van der Waals surface area contributed by atoms with E-state index in [4.69, 9.17) is 0 Å². The van der Waals surface area contributed by atoms with Crippen LogP contribution in [0.2, 0.25) is 0 Å². The number of aryl methyl sites for hydroxylation is 1. The van der Waals surface area contributed by atoms with Crippen LogP contribution in [0.1, 0.15) is 29.4 Å². The SMILES string of the molecule is CCCc1cc(NC(=O)c2ccccc2SC(F)F)n[nH]1. The molecule has 0 aliphatic heterocycles. The number of alkyl halides is 2. The molecule has 1 amide bonds. The van der Waals surface area contributed by atoms with Gasteiger partial charge in [-0.15, -0.1) is 0 Å². The maximum atomic E-state index is 12.5. The molecule has 0 spiro atoms. The first-order chi connectivity index (χ1) is 10.1. The Hall–Kier alpha value is -1.89. The van der Waals surface area contributed by atoms with Crippen molar-refractivity contribution in [3.63, 3.8) is 0 Å². The summed E-state index contributed by atoms with van der Waals surface area (Å²) < 4.78 is 25.0. The topological polar surface area (TPSA) is 57.8 Å². The Labute approximate surface area is 125 Å². The zero-order valence-corrected chi connectivity index (χ0v) is 12.2. The molecule has 0 saturated heterocycles. The predicted octanol–water partition coefficient (Wildman–Crippen LogP) is 3.93. The molecule has 112 valence electrons. The van der Waals surface area contributed by atoms with Crippen molar-refractivity contribution in [1.29, 1.82) is 0 Å². The van der Waals surface area contributed by atoms with Crippen LogP contribution < -0.4 is 5.32 Å². The molecule has 0 bridgehead atoms. The number of aromatic amines is 1. The summed E-state index contributed by atoms with van der Waals surface area (Å²) in [6, 6.07) is 8.01. The van der Waals surface area contributed by atoms with Crippen LogP contribution in [0.25, 0.3) is 0 Å². The zero-order chi connectivity index (χ0) is 15.2. The molecule has 7 heteroatoms. The fraction of sp³-hybridized carbons (Fsp3) is 0.286. The van der Waals surface area contributed by atoms with Gasteiger partial charge in [0, 0.05) is 16.7 Å². The molecule has 2 rings (SSSR count). The third kappa shape index (κ3) is 4.29. The van der Waals surface area contributed by atoms with Crippen molar-refractivity contribution in [2.75, 3.05) is 5.32 Å². The highest BCUT2D eigenvalue weighted by molar-refractivity contribution is 7.99. The Morgan fingerprint density at radius 1 is 1.43 bits per heavy atom. The van der Waals surface area contributed by atoms with Crippen molar-refractivity contribution in [2.24, 2.45) is 0 Å². The minimum Gasteiger partial charge on any atom is -0.305 e. The van der Waals surface area contributed by atoms with E-state index in [2.05, 4.69) is 15.5 Å². The molecule has 0 unspecified atom stereocenters. The molecule has 0 aliphatic rings. The molecule has 0 atom stereocenters. The molecule has 1 aromatic carbocycles. The highest BCUT2D eigenvalue weighted by Gasteiger charge is 2.16. The number of amides is 1. The number of benzene rings is 1. The molecule has 0 aliphatic carbocycles. The molecule has 1 aromatic heterocycles. The molecule has 0 saturated carbocycles. The summed E-state index contributed by atoms with van der Waals surface area (Å²) in [5.41, 5.74) is 1.13. The highest BCUT2D eigenvalue weighted by atomic mass is 32.2. The largest absolute Gasteiger partial charge is 0.305 e. The summed E-state index contributed by atoms with van der Waals surface area (Å²) in [6.07, 6.45) is 1.80. The Kier molecular flexibility index (Phi) is 5.32. The monoisotopic (exact) mass is 311 g/mol. The molecule has 0 radical (unpaired) electrons. The van der Waals surface area contributed by atoms with E-state index in [1.807, 2.05) is 6.92 Å². The maximum absolute atomic E-state index is 12.5. The van der Waals surface area contributed by atoms with Gasteiger partial charge in [-0.2, -0.15) is 13.9 Å². The number of carbonyl (C=O) groups excluding carboxylic acids is 1. The second-order valence-electron chi connectivity index (χ2n) is 4.36. The Bertz CT molecular complexity index is 616. The van der Waals surface area contributed by atoms with Crippen LogP contribution in [-0.4, -0.2) is 21.9 Å². The summed E-state index contributed by atoms with van der Waals surface area (Å²) in [7, 11) is 0. The molecule has 2 aromatic rings. The molecule has 0 fully saturated rings. The van der Waals surface area contributed by atoms with Crippen LogP contribution in [0.15, 0.2) is 35.2 Å². The lowest BCUT2D eigenvalue weighted by molar-refractivity contribution is 0.102. The number of H-pyrrole nitrogens is 1. The van der Waals surface area contributed by atoms with Gasteiger partial charge in [-0.3, -0.25) is 9.89 Å². The van der Waals surface area contributed by atoms with Crippen LogP contribution in [0.5, 0.6) is 0 Å². The summed E-state index contributed by atoms with van der Waals surface area (Å²) >= 11 is 0.355. The van der Waals surface area contributed by atoms with E-state index in [1.165, 1.54) is 12.1 Å². The maximum Gasteiger partial charge on any atom is 0.288 e. The van der Waals surface area contributed by atoms with E-state index in [0.717, 1.165) is 18.5 Å². The number of aromatic nitrogens is 2. The lowest BCUT2D eigenvalue weighted by Gasteiger charge is -2.07. The highest BCUT2D eigenvalue weighted by Crippen LogP contribution is 2.28. The number of hydrogen-bond acceptors (Lipinski definition) is 3. The van der Waals surface area contributed by atoms with E-state index in [9.17, 15) is 13.6 Å². The van der Waals surface area contributed by atoms with E-state index >= 15 is 0 Å². The summed E-state index contributed by atoms with van der Waals surface area (Å²) in [5.74, 6) is -2.63. The van der Waals surface area contributed by atoms with Crippen molar-refractivity contribution in [3.8, 4) is 0 Å². The number of nitrogens with one attached hydrogen (secondary N) is 2. The van der Waals surface area contributed by atoms with Crippen LogP contribution in [0.3, 0.4) is 0 Å². The van der Waals surface area contributed by atoms with Gasteiger partial charge in [-0.25, -0.2) is 0 Å². The van der Waals surface area contributed by atoms with Gasteiger partial charge >= 0.3 is 0 Å². The first-order valence-electron chi connectivity index (χ1n) is 6.49. The first kappa shape index (κ1) is 15.5. The third-order valence-electron chi connectivity index (χ3n) is 2.74. The van der Waals surface area contributed by atoms with E-state index < -0.39 is 11.7 Å². The Balaban J connectivity index is 2.12. The van der Waals surface area contributed by atoms with Crippen LogP contribution in [0, 0.1) is 0 Å². The van der Waals surface area contributed by atoms with Gasteiger partial charge in [0.1, 0.15) is 0 Å². The van der Waals surface area contributed by atoms with Gasteiger partial charge in [-0.05, 0) is 18.6 Å². The van der Waals surface area contributed by atoms with Crippen LogP contribution >= 0.6 is 11.8 Å². The van der Waals surface area contributed by atoms with Crippen molar-refractivity contribution in [3.05, 3.63) is 41.6 Å². The first-order valence-corrected chi connectivity index (χ1v) is 7.37. The Morgan fingerprint density at radius 3 is 2.90 bits per heavy atom. The van der Waals surface area contributed by atoms with E-state index in [0.29, 0.717) is 17.6 Å². The van der Waals surface area contributed by atoms with E-state index in [1.54, 1.807) is 18.2 Å². The second kappa shape index (κ2) is 7.21. The van der Waals surface area contributed by atoms with Crippen molar-refractivity contribution < 1.29 is 13.6 Å². The molecular formula is C14H15F2N3OS. The lowest BCUT2D eigenvalue weighted by Crippen LogP contribution is -2.13. The van der Waals surface area contributed by atoms with Crippen LogP contribution in [0.4, 0.5) is 14.6 Å². The average Bonchev–Trinajstić information content (AvgIpc) is 2.86. The van der Waals surface area contributed by atoms with Gasteiger partial charge in [0.2, 0.25) is 0 Å². The smallest absolute Gasteiger partial charge is 0.288 e. The molecular weight excluding hydrogens is 296 g/mol. The van der Waals surface area contributed by atoms with E-state index in [-0.39, 0.29) is 10.5 Å². The number of rotatable bonds is 6. The number of nitrogens with zero attached hydrogens (tertiary/aromatic N) is 1. The zero-order valence-electron chi connectivity index (χ0n) is 11.4. The lowest BCUT2D eigenvalue weighted by atomic mass is 10.2. The molecule has 21 heavy (non-hydrogen) atoms.